The number of hydrogen-bond donors (Lipinski definition) is 1. The molecule has 0 atom stereocenters. The second-order valence-electron chi connectivity index (χ2n) is 3.23. The van der Waals surface area contributed by atoms with Gasteiger partial charge in [-0.1, -0.05) is 6.08 Å². The molecule has 0 aliphatic carbocycles. The molecule has 1 aliphatic heterocycles. The topological polar surface area (TPSA) is 29.9 Å². The zero-order valence-electron chi connectivity index (χ0n) is 7.95. The molecular weight excluding hydrogens is 162 g/mol. The van der Waals surface area contributed by atoms with E-state index in [0.29, 0.717) is 0 Å². The Hall–Kier alpha value is -1.09. The highest BCUT2D eigenvalue weighted by molar-refractivity contribution is 5.64. The molecule has 1 aliphatic rings. The molecule has 1 N–H and O–H groups in total. The maximum absolute atomic E-state index is 4.26. The fourth-order valence-corrected chi connectivity index (χ4v) is 1.70. The highest BCUT2D eigenvalue weighted by Gasteiger charge is 2.08. The highest BCUT2D eigenvalue weighted by atomic mass is 15.3. The minimum Gasteiger partial charge on any atom is -0.312 e. The third-order valence-electron chi connectivity index (χ3n) is 2.37. The van der Waals surface area contributed by atoms with Crippen molar-refractivity contribution < 1.29 is 0 Å². The van der Waals surface area contributed by atoms with Crippen LogP contribution in [-0.4, -0.2) is 22.9 Å². The molecule has 0 fully saturated rings. The molecule has 3 heteroatoms. The quantitative estimate of drug-likeness (QED) is 0.737. The smallest absolute Gasteiger partial charge is 0.0651 e. The van der Waals surface area contributed by atoms with E-state index in [1.165, 1.54) is 11.3 Å². The van der Waals surface area contributed by atoms with Gasteiger partial charge in [0.15, 0.2) is 0 Å². The normalized spacial score (nSPS) is 17.2. The van der Waals surface area contributed by atoms with E-state index in [2.05, 4.69) is 29.5 Å². The van der Waals surface area contributed by atoms with Crippen LogP contribution < -0.4 is 5.32 Å². The van der Waals surface area contributed by atoms with Gasteiger partial charge in [0.25, 0.3) is 0 Å². The van der Waals surface area contributed by atoms with E-state index in [4.69, 9.17) is 0 Å². The molecule has 0 saturated carbocycles. The lowest BCUT2D eigenvalue weighted by Gasteiger charge is -2.14. The molecule has 0 radical (unpaired) electrons. The molecule has 3 nitrogen and oxygen atoms in total. The van der Waals surface area contributed by atoms with Gasteiger partial charge in [-0.3, -0.25) is 4.68 Å². The Morgan fingerprint density at radius 1 is 1.62 bits per heavy atom. The number of rotatable bonds is 2. The Balaban J connectivity index is 2.28. The molecule has 0 unspecified atom stereocenters. The number of aryl methyl sites for hydroxylation is 1. The monoisotopic (exact) mass is 177 g/mol. The number of nitrogens with zero attached hydrogens (tertiary/aromatic N) is 2. The van der Waals surface area contributed by atoms with Gasteiger partial charge in [0.1, 0.15) is 0 Å². The standard InChI is InChI=1S/C10H15N3/c1-2-13-10(5-7-12-13)9-4-3-6-11-8-9/h4-5,7,11H,2-3,6,8H2,1H3. The summed E-state index contributed by atoms with van der Waals surface area (Å²) in [5.74, 6) is 0. The lowest BCUT2D eigenvalue weighted by Crippen LogP contribution is -2.22. The van der Waals surface area contributed by atoms with Gasteiger partial charge in [0.2, 0.25) is 0 Å². The SMILES string of the molecule is CCn1nccc1C1=CCCNC1. The Labute approximate surface area is 78.4 Å². The lowest BCUT2D eigenvalue weighted by atomic mass is 10.1. The Morgan fingerprint density at radius 2 is 2.54 bits per heavy atom. The van der Waals surface area contributed by atoms with Crippen molar-refractivity contribution in [3.63, 3.8) is 0 Å². The average Bonchev–Trinajstić information content (AvgIpc) is 2.67. The third kappa shape index (κ3) is 1.65. The molecule has 0 spiro atoms. The predicted molar refractivity (Wildman–Crippen MR) is 53.4 cm³/mol. The summed E-state index contributed by atoms with van der Waals surface area (Å²) in [7, 11) is 0. The van der Waals surface area contributed by atoms with Gasteiger partial charge >= 0.3 is 0 Å². The van der Waals surface area contributed by atoms with Gasteiger partial charge in [-0.15, -0.1) is 0 Å². The maximum atomic E-state index is 4.26. The molecule has 1 aromatic rings. The summed E-state index contributed by atoms with van der Waals surface area (Å²) in [5, 5.41) is 7.62. The second kappa shape index (κ2) is 3.75. The molecule has 0 amide bonds. The highest BCUT2D eigenvalue weighted by Crippen LogP contribution is 2.15. The zero-order valence-corrected chi connectivity index (χ0v) is 7.95. The van der Waals surface area contributed by atoms with Crippen molar-refractivity contribution in [2.45, 2.75) is 19.9 Å². The van der Waals surface area contributed by atoms with Crippen LogP contribution in [0.25, 0.3) is 5.57 Å². The summed E-state index contributed by atoms with van der Waals surface area (Å²) in [4.78, 5) is 0. The van der Waals surface area contributed by atoms with E-state index in [-0.39, 0.29) is 0 Å². The molecule has 0 aromatic carbocycles. The second-order valence-corrected chi connectivity index (χ2v) is 3.23. The van der Waals surface area contributed by atoms with Crippen LogP contribution in [0.3, 0.4) is 0 Å². The molecule has 13 heavy (non-hydrogen) atoms. The molecule has 70 valence electrons. The minimum absolute atomic E-state index is 0.944. The van der Waals surface area contributed by atoms with Crippen LogP contribution >= 0.6 is 0 Å². The third-order valence-corrected chi connectivity index (χ3v) is 2.37. The van der Waals surface area contributed by atoms with Crippen molar-refractivity contribution in [2.75, 3.05) is 13.1 Å². The molecule has 1 aromatic heterocycles. The molecule has 0 bridgehead atoms. The van der Waals surface area contributed by atoms with Crippen molar-refractivity contribution in [3.8, 4) is 0 Å². The van der Waals surface area contributed by atoms with Crippen molar-refractivity contribution in [1.82, 2.24) is 15.1 Å². The van der Waals surface area contributed by atoms with Gasteiger partial charge in [-0.05, 0) is 31.5 Å². The van der Waals surface area contributed by atoms with E-state index in [1.807, 2.05) is 10.9 Å². The Morgan fingerprint density at radius 3 is 3.23 bits per heavy atom. The number of aromatic nitrogens is 2. The Bertz CT molecular complexity index is 312. The summed E-state index contributed by atoms with van der Waals surface area (Å²) < 4.78 is 2.04. The number of nitrogens with one attached hydrogen (secondary N) is 1. The first-order valence-corrected chi connectivity index (χ1v) is 4.83. The first-order chi connectivity index (χ1) is 6.42. The van der Waals surface area contributed by atoms with Crippen LogP contribution in [0.1, 0.15) is 19.0 Å². The largest absolute Gasteiger partial charge is 0.312 e. The van der Waals surface area contributed by atoms with Crippen LogP contribution in [0.2, 0.25) is 0 Å². The maximum Gasteiger partial charge on any atom is 0.0651 e. The fraction of sp³-hybridized carbons (Fsp3) is 0.500. The summed E-state index contributed by atoms with van der Waals surface area (Å²) in [6.07, 6.45) is 5.30. The van der Waals surface area contributed by atoms with Crippen LogP contribution in [0.4, 0.5) is 0 Å². The first kappa shape index (κ1) is 8.51. The van der Waals surface area contributed by atoms with Crippen molar-refractivity contribution in [2.24, 2.45) is 0 Å². The molecule has 0 saturated heterocycles. The van der Waals surface area contributed by atoms with E-state index >= 15 is 0 Å². The summed E-state index contributed by atoms with van der Waals surface area (Å²) in [6.45, 7) is 5.14. The molecule has 2 rings (SSSR count). The van der Waals surface area contributed by atoms with Crippen molar-refractivity contribution >= 4 is 5.57 Å². The van der Waals surface area contributed by atoms with Gasteiger partial charge in [-0.2, -0.15) is 5.10 Å². The van der Waals surface area contributed by atoms with E-state index in [9.17, 15) is 0 Å². The average molecular weight is 177 g/mol. The molecule has 2 heterocycles. The summed E-state index contributed by atoms with van der Waals surface area (Å²) in [6, 6.07) is 2.09. The molecular formula is C10H15N3. The summed E-state index contributed by atoms with van der Waals surface area (Å²) >= 11 is 0. The van der Waals surface area contributed by atoms with Crippen LogP contribution in [0, 0.1) is 0 Å². The van der Waals surface area contributed by atoms with Crippen molar-refractivity contribution in [3.05, 3.63) is 24.0 Å². The van der Waals surface area contributed by atoms with Crippen LogP contribution in [0.15, 0.2) is 18.3 Å². The van der Waals surface area contributed by atoms with Gasteiger partial charge in [0, 0.05) is 19.3 Å². The minimum atomic E-state index is 0.944. The lowest BCUT2D eigenvalue weighted by molar-refractivity contribution is 0.643. The van der Waals surface area contributed by atoms with Crippen LogP contribution in [-0.2, 0) is 6.54 Å². The predicted octanol–water partition coefficient (Wildman–Crippen LogP) is 1.28. The first-order valence-electron chi connectivity index (χ1n) is 4.83. The van der Waals surface area contributed by atoms with E-state index in [0.717, 1.165) is 26.1 Å². The van der Waals surface area contributed by atoms with Gasteiger partial charge < -0.3 is 5.32 Å². The van der Waals surface area contributed by atoms with Gasteiger partial charge in [0.05, 0.1) is 5.69 Å². The Kier molecular flexibility index (Phi) is 2.45. The van der Waals surface area contributed by atoms with E-state index in [1.54, 1.807) is 0 Å². The summed E-state index contributed by atoms with van der Waals surface area (Å²) in [5.41, 5.74) is 2.64. The van der Waals surface area contributed by atoms with Crippen molar-refractivity contribution in [1.29, 1.82) is 0 Å². The number of hydrogen-bond acceptors (Lipinski definition) is 2. The zero-order chi connectivity index (χ0) is 9.10. The van der Waals surface area contributed by atoms with Gasteiger partial charge in [-0.25, -0.2) is 0 Å². The van der Waals surface area contributed by atoms with Crippen LogP contribution in [0.5, 0.6) is 0 Å². The van der Waals surface area contributed by atoms with E-state index < -0.39 is 0 Å². The fourth-order valence-electron chi connectivity index (χ4n) is 1.70.